The maximum Gasteiger partial charge on any atom is 0.241 e. The first-order valence-corrected chi connectivity index (χ1v) is 4.84. The zero-order chi connectivity index (χ0) is 10.6. The number of hydrogen-bond donors (Lipinski definition) is 1. The summed E-state index contributed by atoms with van der Waals surface area (Å²) in [7, 11) is 0. The minimum Gasteiger partial charge on any atom is -0.768 e. The largest absolute Gasteiger partial charge is 0.768 e. The van der Waals surface area contributed by atoms with Gasteiger partial charge in [0.15, 0.2) is 0 Å². The van der Waals surface area contributed by atoms with Gasteiger partial charge in [-0.15, -0.1) is 0 Å². The van der Waals surface area contributed by atoms with E-state index < -0.39 is 17.0 Å². The maximum atomic E-state index is 10.5. The lowest BCUT2D eigenvalue weighted by molar-refractivity contribution is -0.113. The van der Waals surface area contributed by atoms with E-state index in [1.165, 1.54) is 24.3 Å². The molecular formula is C9H8NO3S-. The van der Waals surface area contributed by atoms with Crippen LogP contribution in [-0.2, 0) is 15.9 Å². The van der Waals surface area contributed by atoms with Gasteiger partial charge in [0, 0.05) is 11.0 Å². The minimum atomic E-state index is -2.22. The second-order valence-electron chi connectivity index (χ2n) is 2.54. The Balaban J connectivity index is 2.83. The van der Waals surface area contributed by atoms with Crippen LogP contribution in [0.3, 0.4) is 0 Å². The van der Waals surface area contributed by atoms with Crippen molar-refractivity contribution in [3.63, 3.8) is 0 Å². The number of primary amides is 1. The average molecular weight is 210 g/mol. The molecule has 1 rings (SSSR count). The van der Waals surface area contributed by atoms with Crippen molar-refractivity contribution >= 4 is 23.1 Å². The van der Waals surface area contributed by atoms with E-state index in [-0.39, 0.29) is 4.90 Å². The molecule has 0 spiro atoms. The Kier molecular flexibility index (Phi) is 3.55. The molecule has 1 atom stereocenters. The molecule has 4 nitrogen and oxygen atoms in total. The lowest BCUT2D eigenvalue weighted by Crippen LogP contribution is -2.05. The Bertz CT molecular complexity index is 384. The molecule has 0 bridgehead atoms. The van der Waals surface area contributed by atoms with Gasteiger partial charge >= 0.3 is 0 Å². The van der Waals surface area contributed by atoms with Crippen LogP contribution in [-0.4, -0.2) is 14.7 Å². The number of hydrogen-bond acceptors (Lipinski definition) is 3. The summed E-state index contributed by atoms with van der Waals surface area (Å²) >= 11 is -2.22. The van der Waals surface area contributed by atoms with Crippen LogP contribution in [0.2, 0.25) is 0 Å². The molecular weight excluding hydrogens is 202 g/mol. The van der Waals surface area contributed by atoms with Crippen LogP contribution >= 0.6 is 0 Å². The van der Waals surface area contributed by atoms with E-state index in [0.29, 0.717) is 0 Å². The lowest BCUT2D eigenvalue weighted by atomic mass is 10.2. The SMILES string of the molecule is NC(=O)/C=C/c1ccc(S(=O)[O-])cc1. The van der Waals surface area contributed by atoms with E-state index >= 15 is 0 Å². The summed E-state index contributed by atoms with van der Waals surface area (Å²) < 4.78 is 21.0. The Morgan fingerprint density at radius 3 is 2.36 bits per heavy atom. The standard InChI is InChI=1S/C9H9NO3S/c10-9(11)6-3-7-1-4-8(5-2-7)14(12)13/h1-6H,(H2,10,11)(H,12,13)/p-1/b6-3+. The third-order valence-corrected chi connectivity index (χ3v) is 2.17. The molecule has 1 amide bonds. The monoisotopic (exact) mass is 210 g/mol. The Morgan fingerprint density at radius 1 is 1.36 bits per heavy atom. The quantitative estimate of drug-likeness (QED) is 0.579. The molecule has 0 aromatic heterocycles. The Hall–Kier alpha value is -1.46. The van der Waals surface area contributed by atoms with Crippen molar-refractivity contribution in [3.05, 3.63) is 35.9 Å². The second-order valence-corrected chi connectivity index (χ2v) is 3.48. The highest BCUT2D eigenvalue weighted by Crippen LogP contribution is 2.08. The summed E-state index contributed by atoms with van der Waals surface area (Å²) in [5.41, 5.74) is 5.61. The summed E-state index contributed by atoms with van der Waals surface area (Å²) in [5, 5.41) is 0. The predicted octanol–water partition coefficient (Wildman–Crippen LogP) is 0.423. The molecule has 1 unspecified atom stereocenters. The van der Waals surface area contributed by atoms with Crippen LogP contribution in [0.5, 0.6) is 0 Å². The van der Waals surface area contributed by atoms with Gasteiger partial charge in [0.1, 0.15) is 0 Å². The molecule has 2 N–H and O–H groups in total. The van der Waals surface area contributed by atoms with Crippen molar-refractivity contribution in [3.8, 4) is 0 Å². The Morgan fingerprint density at radius 2 is 1.93 bits per heavy atom. The summed E-state index contributed by atoms with van der Waals surface area (Å²) in [6, 6.07) is 6.07. The van der Waals surface area contributed by atoms with E-state index in [9.17, 15) is 13.6 Å². The van der Waals surface area contributed by atoms with Crippen LogP contribution in [0, 0.1) is 0 Å². The molecule has 5 heteroatoms. The minimum absolute atomic E-state index is 0.209. The van der Waals surface area contributed by atoms with Gasteiger partial charge in [-0.25, -0.2) is 0 Å². The first-order valence-electron chi connectivity index (χ1n) is 3.76. The van der Waals surface area contributed by atoms with Crippen LogP contribution in [0.4, 0.5) is 0 Å². The van der Waals surface area contributed by atoms with Gasteiger partial charge in [-0.2, -0.15) is 0 Å². The second kappa shape index (κ2) is 4.69. The number of amides is 1. The normalized spacial score (nSPS) is 12.9. The van der Waals surface area contributed by atoms with Gasteiger partial charge in [0.2, 0.25) is 5.91 Å². The fourth-order valence-corrected chi connectivity index (χ4v) is 1.23. The molecule has 0 radical (unpaired) electrons. The molecule has 0 aliphatic rings. The number of rotatable bonds is 3. The summed E-state index contributed by atoms with van der Waals surface area (Å²) in [6.45, 7) is 0. The van der Waals surface area contributed by atoms with Crippen molar-refractivity contribution in [1.29, 1.82) is 0 Å². The molecule has 0 aliphatic carbocycles. The number of carbonyl (C=O) groups is 1. The third kappa shape index (κ3) is 3.12. The van der Waals surface area contributed by atoms with Crippen LogP contribution in [0.15, 0.2) is 35.2 Å². The molecule has 0 fully saturated rings. The highest BCUT2D eigenvalue weighted by Gasteiger charge is 1.92. The molecule has 0 saturated carbocycles. The molecule has 0 saturated heterocycles. The number of benzene rings is 1. The lowest BCUT2D eigenvalue weighted by Gasteiger charge is -2.03. The van der Waals surface area contributed by atoms with Crippen LogP contribution < -0.4 is 5.73 Å². The third-order valence-electron chi connectivity index (χ3n) is 1.51. The zero-order valence-corrected chi connectivity index (χ0v) is 7.99. The molecule has 74 valence electrons. The van der Waals surface area contributed by atoms with Gasteiger partial charge in [-0.3, -0.25) is 9.00 Å². The van der Waals surface area contributed by atoms with Crippen LogP contribution in [0.1, 0.15) is 5.56 Å². The van der Waals surface area contributed by atoms with Gasteiger partial charge in [0.25, 0.3) is 0 Å². The fourth-order valence-electron chi connectivity index (χ4n) is 0.868. The number of nitrogens with two attached hydrogens (primary N) is 1. The van der Waals surface area contributed by atoms with E-state index in [0.717, 1.165) is 5.56 Å². The zero-order valence-electron chi connectivity index (χ0n) is 7.17. The van der Waals surface area contributed by atoms with Gasteiger partial charge in [0.05, 0.1) is 0 Å². The van der Waals surface area contributed by atoms with Gasteiger partial charge < -0.3 is 10.3 Å². The van der Waals surface area contributed by atoms with E-state index in [2.05, 4.69) is 0 Å². The average Bonchev–Trinajstić information content (AvgIpc) is 2.15. The van der Waals surface area contributed by atoms with Gasteiger partial charge in [-0.05, 0) is 34.9 Å². The van der Waals surface area contributed by atoms with Crippen molar-refractivity contribution in [2.45, 2.75) is 4.90 Å². The molecule has 1 aromatic carbocycles. The van der Waals surface area contributed by atoms with E-state index in [4.69, 9.17) is 5.73 Å². The topological polar surface area (TPSA) is 83.2 Å². The van der Waals surface area contributed by atoms with Crippen LogP contribution in [0.25, 0.3) is 6.08 Å². The molecule has 0 heterocycles. The first kappa shape index (κ1) is 10.6. The first-order chi connectivity index (χ1) is 6.59. The van der Waals surface area contributed by atoms with E-state index in [1.54, 1.807) is 12.1 Å². The van der Waals surface area contributed by atoms with Crippen molar-refractivity contribution in [2.75, 3.05) is 0 Å². The van der Waals surface area contributed by atoms with Crippen molar-refractivity contribution in [2.24, 2.45) is 5.73 Å². The Labute approximate surface area is 83.7 Å². The van der Waals surface area contributed by atoms with Crippen molar-refractivity contribution < 1.29 is 13.6 Å². The highest BCUT2D eigenvalue weighted by molar-refractivity contribution is 7.79. The summed E-state index contributed by atoms with van der Waals surface area (Å²) in [4.78, 5) is 10.6. The molecule has 1 aromatic rings. The highest BCUT2D eigenvalue weighted by atomic mass is 32.2. The van der Waals surface area contributed by atoms with E-state index in [1.807, 2.05) is 0 Å². The van der Waals surface area contributed by atoms with Crippen molar-refractivity contribution in [1.82, 2.24) is 0 Å². The maximum absolute atomic E-state index is 10.5. The summed E-state index contributed by atoms with van der Waals surface area (Å²) in [6.07, 6.45) is 2.73. The number of carbonyl (C=O) groups excluding carboxylic acids is 1. The van der Waals surface area contributed by atoms with Gasteiger partial charge in [-0.1, -0.05) is 12.1 Å². The summed E-state index contributed by atoms with van der Waals surface area (Å²) in [5.74, 6) is -0.540. The fraction of sp³-hybridized carbons (Fsp3) is 0. The molecule has 0 aliphatic heterocycles. The smallest absolute Gasteiger partial charge is 0.241 e. The predicted molar refractivity (Wildman–Crippen MR) is 51.9 cm³/mol. The molecule has 14 heavy (non-hydrogen) atoms.